The number of halogens is 3. The molecule has 1 amide bonds. The second-order valence-electron chi connectivity index (χ2n) is 8.22. The lowest BCUT2D eigenvalue weighted by molar-refractivity contribution is -0.192. The van der Waals surface area contributed by atoms with E-state index >= 15 is 0 Å². The molecule has 0 saturated carbocycles. The van der Waals surface area contributed by atoms with E-state index in [2.05, 4.69) is 20.3 Å². The molecule has 11 nitrogen and oxygen atoms in total. The lowest BCUT2D eigenvalue weighted by Crippen LogP contribution is -2.55. The Balaban J connectivity index is 0.000000406. The molecule has 2 aromatic heterocycles. The Hall–Kier alpha value is -3.00. The number of amides is 1. The van der Waals surface area contributed by atoms with Crippen LogP contribution in [0.4, 0.5) is 13.2 Å². The average Bonchev–Trinajstić information content (AvgIpc) is 3.20. The third-order valence-corrected chi connectivity index (χ3v) is 5.94. The number of carboxylic acid groups (broad SMARTS) is 1. The number of nitrogens with one attached hydrogen (secondary N) is 1. The van der Waals surface area contributed by atoms with E-state index in [1.54, 1.807) is 11.7 Å². The topological polar surface area (TPSA) is 126 Å². The second kappa shape index (κ2) is 11.0. The monoisotopic (exact) mass is 487 g/mol. The molecular weight excluding hydrogens is 459 g/mol. The number of aliphatic carboxylic acids is 1. The van der Waals surface area contributed by atoms with Gasteiger partial charge >= 0.3 is 12.1 Å². The summed E-state index contributed by atoms with van der Waals surface area (Å²) in [7, 11) is 1.76. The zero-order valence-corrected chi connectivity index (χ0v) is 18.8. The molecule has 2 fully saturated rings. The predicted molar refractivity (Wildman–Crippen MR) is 115 cm³/mol. The molecule has 2 N–H and O–H groups in total. The van der Waals surface area contributed by atoms with E-state index in [1.165, 1.54) is 17.1 Å². The van der Waals surface area contributed by atoms with Gasteiger partial charge in [-0.2, -0.15) is 18.3 Å². The fourth-order valence-corrected chi connectivity index (χ4v) is 4.13. The molecule has 188 valence electrons. The van der Waals surface area contributed by atoms with Crippen LogP contribution < -0.4 is 10.9 Å². The summed E-state index contributed by atoms with van der Waals surface area (Å²) in [6, 6.07) is 0.459. The van der Waals surface area contributed by atoms with Crippen molar-refractivity contribution >= 4 is 22.9 Å². The van der Waals surface area contributed by atoms with Crippen molar-refractivity contribution in [3.63, 3.8) is 0 Å². The summed E-state index contributed by atoms with van der Waals surface area (Å²) in [4.78, 5) is 42.9. The van der Waals surface area contributed by atoms with Crippen LogP contribution in [0.5, 0.6) is 0 Å². The molecule has 4 heterocycles. The first-order valence-corrected chi connectivity index (χ1v) is 11.0. The zero-order chi connectivity index (χ0) is 24.9. The Bertz CT molecular complexity index is 1060. The van der Waals surface area contributed by atoms with E-state index in [0.717, 1.165) is 52.1 Å². The predicted octanol–water partition coefficient (Wildman–Crippen LogP) is 0.0496. The molecule has 0 aromatic carbocycles. The molecule has 4 rings (SSSR count). The summed E-state index contributed by atoms with van der Waals surface area (Å²) >= 11 is 0. The minimum Gasteiger partial charge on any atom is -0.475 e. The molecule has 0 spiro atoms. The highest BCUT2D eigenvalue weighted by atomic mass is 19.4. The highest BCUT2D eigenvalue weighted by Gasteiger charge is 2.38. The number of carbonyl (C=O) groups is 2. The minimum atomic E-state index is -5.08. The maximum absolute atomic E-state index is 12.7. The third kappa shape index (κ3) is 6.32. The van der Waals surface area contributed by atoms with E-state index in [4.69, 9.17) is 9.90 Å². The van der Waals surface area contributed by atoms with Crippen LogP contribution in [0, 0.1) is 0 Å². The molecule has 2 aliphatic rings. The van der Waals surface area contributed by atoms with Crippen molar-refractivity contribution < 1.29 is 27.9 Å². The Morgan fingerprint density at radius 1 is 1.24 bits per heavy atom. The number of carbonyl (C=O) groups excluding carboxylic acids is 1. The largest absolute Gasteiger partial charge is 0.490 e. The fourth-order valence-electron chi connectivity index (χ4n) is 4.13. The van der Waals surface area contributed by atoms with Gasteiger partial charge in [-0.15, -0.1) is 0 Å². The summed E-state index contributed by atoms with van der Waals surface area (Å²) in [5, 5.41) is 15.1. The summed E-state index contributed by atoms with van der Waals surface area (Å²) < 4.78 is 34.8. The smallest absolute Gasteiger partial charge is 0.475 e. The van der Waals surface area contributed by atoms with E-state index in [0.29, 0.717) is 30.0 Å². The molecule has 0 bridgehead atoms. The van der Waals surface area contributed by atoms with Crippen molar-refractivity contribution in [2.24, 2.45) is 7.05 Å². The van der Waals surface area contributed by atoms with Crippen molar-refractivity contribution in [2.75, 3.05) is 39.3 Å². The Kier molecular flexibility index (Phi) is 8.25. The number of carboxylic acids is 1. The molecule has 2 aliphatic heterocycles. The van der Waals surface area contributed by atoms with Crippen LogP contribution >= 0.6 is 0 Å². The number of nitrogens with zero attached hydrogens (tertiary/aromatic N) is 6. The number of aromatic nitrogens is 4. The molecule has 1 atom stereocenters. The van der Waals surface area contributed by atoms with Gasteiger partial charge in [-0.1, -0.05) is 0 Å². The molecular formula is C20H28F3N7O4. The normalized spacial score (nSPS) is 19.5. The Morgan fingerprint density at radius 3 is 2.56 bits per heavy atom. The van der Waals surface area contributed by atoms with Gasteiger partial charge in [0.05, 0.1) is 12.5 Å². The quantitative estimate of drug-likeness (QED) is 0.620. The van der Waals surface area contributed by atoms with E-state index in [-0.39, 0.29) is 11.5 Å². The van der Waals surface area contributed by atoms with E-state index in [9.17, 15) is 22.8 Å². The number of likely N-dealkylation sites (tertiary alicyclic amines) is 1. The molecule has 0 radical (unpaired) electrons. The Labute approximate surface area is 193 Å². The number of piperazine rings is 1. The highest BCUT2D eigenvalue weighted by Crippen LogP contribution is 2.17. The number of hydrogen-bond acceptors (Lipinski definition) is 7. The highest BCUT2D eigenvalue weighted by molar-refractivity contribution is 5.76. The third-order valence-electron chi connectivity index (χ3n) is 5.94. The van der Waals surface area contributed by atoms with Crippen LogP contribution in [-0.4, -0.2) is 97.6 Å². The maximum atomic E-state index is 12.7. The van der Waals surface area contributed by atoms with Gasteiger partial charge in [-0.3, -0.25) is 23.7 Å². The van der Waals surface area contributed by atoms with Gasteiger partial charge in [0.2, 0.25) is 5.91 Å². The first kappa shape index (κ1) is 25.6. The van der Waals surface area contributed by atoms with Gasteiger partial charge in [0.25, 0.3) is 5.56 Å². The minimum absolute atomic E-state index is 0.119. The van der Waals surface area contributed by atoms with Crippen molar-refractivity contribution in [3.8, 4) is 0 Å². The molecule has 14 heteroatoms. The fraction of sp³-hybridized carbons (Fsp3) is 0.650. The van der Waals surface area contributed by atoms with Crippen molar-refractivity contribution in [1.29, 1.82) is 0 Å². The van der Waals surface area contributed by atoms with Gasteiger partial charge in [-0.05, 0) is 12.8 Å². The Morgan fingerprint density at radius 2 is 1.91 bits per heavy atom. The molecule has 2 aromatic rings. The number of rotatable bonds is 4. The number of piperidine rings is 1. The SMILES string of the molecule is Cn1ncc2c(=O)n(CCC(=O)N3CCCC(N4CCNCC4)C3)cnc21.O=C(O)C(F)(F)F. The van der Waals surface area contributed by atoms with E-state index < -0.39 is 12.1 Å². The van der Waals surface area contributed by atoms with Crippen molar-refractivity contribution in [2.45, 2.75) is 38.0 Å². The molecule has 2 saturated heterocycles. The average molecular weight is 487 g/mol. The first-order chi connectivity index (χ1) is 16.1. The van der Waals surface area contributed by atoms with Crippen molar-refractivity contribution in [1.82, 2.24) is 34.4 Å². The molecule has 34 heavy (non-hydrogen) atoms. The molecule has 0 aliphatic carbocycles. The van der Waals surface area contributed by atoms with Crippen LogP contribution in [-0.2, 0) is 23.2 Å². The van der Waals surface area contributed by atoms with Crippen LogP contribution in [0.3, 0.4) is 0 Å². The lowest BCUT2D eigenvalue weighted by Gasteiger charge is -2.41. The van der Waals surface area contributed by atoms with E-state index in [1.807, 2.05) is 4.90 Å². The van der Waals surface area contributed by atoms with Crippen LogP contribution in [0.2, 0.25) is 0 Å². The maximum Gasteiger partial charge on any atom is 0.490 e. The van der Waals surface area contributed by atoms with Crippen LogP contribution in [0.1, 0.15) is 19.3 Å². The summed E-state index contributed by atoms with van der Waals surface area (Å²) in [6.07, 6.45) is 0.487. The molecule has 1 unspecified atom stereocenters. The number of aryl methyl sites for hydroxylation is 2. The lowest BCUT2D eigenvalue weighted by atomic mass is 10.0. The van der Waals surface area contributed by atoms with Gasteiger partial charge in [0.15, 0.2) is 5.65 Å². The summed E-state index contributed by atoms with van der Waals surface area (Å²) in [5.41, 5.74) is 0.427. The van der Waals surface area contributed by atoms with Gasteiger partial charge in [0, 0.05) is 65.3 Å². The summed E-state index contributed by atoms with van der Waals surface area (Å²) in [6.45, 7) is 6.13. The number of hydrogen-bond donors (Lipinski definition) is 2. The standard InChI is InChI=1S/C18H27N7O2.C2HF3O2/c1-22-17-15(11-21-22)18(27)25(13-20-17)8-4-16(26)24-7-2-3-14(12-24)23-9-5-19-6-10-23;3-2(4,5)1(6)7/h11,13-14,19H,2-10,12H2,1H3;(H,6,7). The van der Waals surface area contributed by atoms with Crippen LogP contribution in [0.15, 0.2) is 17.3 Å². The second-order valence-corrected chi connectivity index (χ2v) is 8.22. The first-order valence-electron chi connectivity index (χ1n) is 11.0. The number of fused-ring (bicyclic) bond motifs is 1. The van der Waals surface area contributed by atoms with Crippen molar-refractivity contribution in [3.05, 3.63) is 22.9 Å². The number of alkyl halides is 3. The van der Waals surface area contributed by atoms with Gasteiger partial charge in [-0.25, -0.2) is 9.78 Å². The summed E-state index contributed by atoms with van der Waals surface area (Å²) in [5.74, 6) is -2.64. The van der Waals surface area contributed by atoms with Gasteiger partial charge < -0.3 is 15.3 Å². The zero-order valence-electron chi connectivity index (χ0n) is 18.8. The van der Waals surface area contributed by atoms with Gasteiger partial charge in [0.1, 0.15) is 5.39 Å². The van der Waals surface area contributed by atoms with Crippen LogP contribution in [0.25, 0.3) is 11.0 Å².